The Hall–Kier alpha value is -0.970. The van der Waals surface area contributed by atoms with Crippen LogP contribution < -0.4 is 0 Å². The molecule has 0 radical (unpaired) electrons. The quantitative estimate of drug-likeness (QED) is 0.523. The van der Waals surface area contributed by atoms with Gasteiger partial charge in [-0.3, -0.25) is 0 Å². The van der Waals surface area contributed by atoms with Crippen LogP contribution in [0.2, 0.25) is 0 Å². The highest BCUT2D eigenvalue weighted by atomic mass is 16.6. The van der Waals surface area contributed by atoms with Gasteiger partial charge in [0.25, 0.3) is 0 Å². The fourth-order valence-corrected chi connectivity index (χ4v) is 2.55. The first-order valence-electron chi connectivity index (χ1n) is 5.18. The molecule has 0 atom stereocenters. The van der Waals surface area contributed by atoms with Crippen LogP contribution in [0.5, 0.6) is 0 Å². The van der Waals surface area contributed by atoms with Crippen LogP contribution in [-0.2, 0) is 14.3 Å². The third-order valence-electron chi connectivity index (χ3n) is 3.73. The van der Waals surface area contributed by atoms with Gasteiger partial charge in [-0.1, -0.05) is 5.18 Å². The molecule has 5 heteroatoms. The Morgan fingerprint density at radius 2 is 2.07 bits per heavy atom. The molecule has 5 nitrogen and oxygen atoms in total. The van der Waals surface area contributed by atoms with E-state index in [1.165, 1.54) is 7.11 Å². The van der Waals surface area contributed by atoms with Gasteiger partial charge in [0.15, 0.2) is 5.60 Å². The van der Waals surface area contributed by atoms with Crippen LogP contribution in [0.3, 0.4) is 0 Å². The number of nitroso groups, excluding NO2 is 1. The second-order valence-corrected chi connectivity index (χ2v) is 4.56. The molecule has 84 valence electrons. The molecule has 2 bridgehead atoms. The van der Waals surface area contributed by atoms with Crippen LogP contribution in [0.15, 0.2) is 5.18 Å². The SMILES string of the molecule is COC(=O)C12CCC(CN=O)(CC1)CO2. The Kier molecular flexibility index (Phi) is 2.50. The minimum absolute atomic E-state index is 0.114. The lowest BCUT2D eigenvalue weighted by atomic mass is 9.66. The van der Waals surface area contributed by atoms with Gasteiger partial charge in [-0.2, -0.15) is 4.91 Å². The van der Waals surface area contributed by atoms with Crippen LogP contribution in [0.25, 0.3) is 0 Å². The number of hydrogen-bond acceptors (Lipinski definition) is 5. The summed E-state index contributed by atoms with van der Waals surface area (Å²) in [5, 5.41) is 2.97. The first-order valence-corrected chi connectivity index (χ1v) is 5.18. The fourth-order valence-electron chi connectivity index (χ4n) is 2.55. The maximum atomic E-state index is 11.6. The minimum atomic E-state index is -0.737. The summed E-state index contributed by atoms with van der Waals surface area (Å²) in [5.41, 5.74) is -0.850. The monoisotopic (exact) mass is 213 g/mol. The minimum Gasteiger partial charge on any atom is -0.467 e. The van der Waals surface area contributed by atoms with E-state index in [9.17, 15) is 9.70 Å². The summed E-state index contributed by atoms with van der Waals surface area (Å²) in [4.78, 5) is 21.9. The number of nitrogens with zero attached hydrogens (tertiary/aromatic N) is 1. The van der Waals surface area contributed by atoms with Gasteiger partial charge in [0.05, 0.1) is 20.3 Å². The summed E-state index contributed by atoms with van der Waals surface area (Å²) in [6, 6.07) is 0. The standard InChI is InChI=1S/C10H15NO4/c1-14-8(12)10-4-2-9(3-5-10,6-11-13)7-15-10/h2-7H2,1H3. The number of carbonyl (C=O) groups excluding carboxylic acids is 1. The molecule has 3 fully saturated rings. The van der Waals surface area contributed by atoms with E-state index in [4.69, 9.17) is 9.47 Å². The van der Waals surface area contributed by atoms with Crippen molar-refractivity contribution in [1.82, 2.24) is 0 Å². The highest BCUT2D eigenvalue weighted by molar-refractivity contribution is 5.80. The van der Waals surface area contributed by atoms with E-state index in [1.807, 2.05) is 0 Å². The van der Waals surface area contributed by atoms with Crippen molar-refractivity contribution in [3.8, 4) is 0 Å². The average molecular weight is 213 g/mol. The van der Waals surface area contributed by atoms with Crippen LogP contribution in [-0.4, -0.2) is 31.8 Å². The number of hydrogen-bond donors (Lipinski definition) is 0. The number of esters is 1. The molecule has 0 N–H and O–H groups in total. The molecule has 0 amide bonds. The van der Waals surface area contributed by atoms with Gasteiger partial charge in [0.2, 0.25) is 0 Å². The Labute approximate surface area is 88.1 Å². The van der Waals surface area contributed by atoms with Crippen LogP contribution in [0, 0.1) is 10.3 Å². The normalized spacial score (nSPS) is 38.7. The van der Waals surface area contributed by atoms with Crippen LogP contribution in [0.1, 0.15) is 25.7 Å². The Morgan fingerprint density at radius 1 is 1.40 bits per heavy atom. The summed E-state index contributed by atoms with van der Waals surface area (Å²) < 4.78 is 10.4. The zero-order valence-electron chi connectivity index (χ0n) is 8.82. The third-order valence-corrected chi connectivity index (χ3v) is 3.73. The third kappa shape index (κ3) is 1.55. The van der Waals surface area contributed by atoms with E-state index < -0.39 is 5.60 Å². The van der Waals surface area contributed by atoms with Gasteiger partial charge in [0, 0.05) is 5.41 Å². The Balaban J connectivity index is 2.10. The van der Waals surface area contributed by atoms with Gasteiger partial charge >= 0.3 is 5.97 Å². The van der Waals surface area contributed by atoms with Crippen molar-refractivity contribution in [1.29, 1.82) is 0 Å². The zero-order chi connectivity index (χ0) is 10.9. The maximum absolute atomic E-state index is 11.6. The van der Waals surface area contributed by atoms with Gasteiger partial charge < -0.3 is 9.47 Å². The second kappa shape index (κ2) is 3.56. The molecule has 0 spiro atoms. The first kappa shape index (κ1) is 10.5. The van der Waals surface area contributed by atoms with Crippen molar-refractivity contribution in [3.63, 3.8) is 0 Å². The van der Waals surface area contributed by atoms with E-state index in [1.54, 1.807) is 0 Å². The molecule has 0 aromatic heterocycles. The molecule has 2 saturated heterocycles. The van der Waals surface area contributed by atoms with E-state index in [0.717, 1.165) is 12.8 Å². The zero-order valence-corrected chi connectivity index (χ0v) is 8.82. The molecule has 0 aromatic carbocycles. The molecule has 3 rings (SSSR count). The van der Waals surface area contributed by atoms with Gasteiger partial charge in [-0.25, -0.2) is 4.79 Å². The van der Waals surface area contributed by atoms with Gasteiger partial charge in [-0.15, -0.1) is 0 Å². The molecule has 1 aliphatic carbocycles. The van der Waals surface area contributed by atoms with Crippen molar-refractivity contribution < 1.29 is 14.3 Å². The van der Waals surface area contributed by atoms with Crippen LogP contribution >= 0.6 is 0 Å². The van der Waals surface area contributed by atoms with E-state index >= 15 is 0 Å². The maximum Gasteiger partial charge on any atom is 0.338 e. The van der Waals surface area contributed by atoms with Crippen molar-refractivity contribution in [2.75, 3.05) is 20.3 Å². The summed E-state index contributed by atoms with van der Waals surface area (Å²) in [7, 11) is 1.38. The highest BCUT2D eigenvalue weighted by Gasteiger charge is 2.54. The molecule has 0 aromatic rings. The van der Waals surface area contributed by atoms with Gasteiger partial charge in [0.1, 0.15) is 0 Å². The topological polar surface area (TPSA) is 65.0 Å². The number of rotatable bonds is 3. The number of fused-ring (bicyclic) bond motifs is 3. The molecule has 2 heterocycles. The van der Waals surface area contributed by atoms with Crippen molar-refractivity contribution >= 4 is 5.97 Å². The summed E-state index contributed by atoms with van der Waals surface area (Å²) in [6.07, 6.45) is 2.95. The largest absolute Gasteiger partial charge is 0.467 e. The molecular weight excluding hydrogens is 198 g/mol. The lowest BCUT2D eigenvalue weighted by Gasteiger charge is -2.50. The summed E-state index contributed by atoms with van der Waals surface area (Å²) in [5.74, 6) is -0.283. The lowest BCUT2D eigenvalue weighted by molar-refractivity contribution is -0.208. The predicted octanol–water partition coefficient (Wildman–Crippen LogP) is 1.26. The van der Waals surface area contributed by atoms with E-state index in [-0.39, 0.29) is 11.4 Å². The summed E-state index contributed by atoms with van der Waals surface area (Å²) >= 11 is 0. The first-order chi connectivity index (χ1) is 7.16. The summed E-state index contributed by atoms with van der Waals surface area (Å²) in [6.45, 7) is 0.748. The fraction of sp³-hybridized carbons (Fsp3) is 0.900. The van der Waals surface area contributed by atoms with E-state index in [2.05, 4.69) is 5.18 Å². The molecule has 15 heavy (non-hydrogen) atoms. The molecule has 3 aliphatic rings. The number of carbonyl (C=O) groups is 1. The number of methoxy groups -OCH3 is 1. The van der Waals surface area contributed by atoms with Crippen LogP contribution in [0.4, 0.5) is 0 Å². The Morgan fingerprint density at radius 3 is 2.47 bits per heavy atom. The van der Waals surface area contributed by atoms with Gasteiger partial charge in [-0.05, 0) is 25.7 Å². The number of ether oxygens (including phenoxy) is 2. The smallest absolute Gasteiger partial charge is 0.338 e. The predicted molar refractivity (Wildman–Crippen MR) is 52.3 cm³/mol. The van der Waals surface area contributed by atoms with Crippen molar-refractivity contribution in [2.24, 2.45) is 10.6 Å². The highest BCUT2D eigenvalue weighted by Crippen LogP contribution is 2.49. The molecule has 1 saturated carbocycles. The second-order valence-electron chi connectivity index (χ2n) is 4.56. The molecule has 2 aliphatic heterocycles. The average Bonchev–Trinajstić information content (AvgIpc) is 2.30. The van der Waals surface area contributed by atoms with E-state index in [0.29, 0.717) is 26.0 Å². The lowest BCUT2D eigenvalue weighted by Crippen LogP contribution is -2.56. The van der Waals surface area contributed by atoms with Crippen molar-refractivity contribution in [2.45, 2.75) is 31.3 Å². The Bertz CT molecular complexity index is 265. The molecule has 0 unspecified atom stereocenters. The molecular formula is C10H15NO4. The van der Waals surface area contributed by atoms with Crippen molar-refractivity contribution in [3.05, 3.63) is 4.91 Å².